The van der Waals surface area contributed by atoms with Gasteiger partial charge >= 0.3 is 5.97 Å². The molecule has 1 unspecified atom stereocenters. The first-order valence-corrected chi connectivity index (χ1v) is 7.20. The molecule has 0 spiro atoms. The van der Waals surface area contributed by atoms with E-state index in [1.165, 1.54) is 6.07 Å². The number of carboxylic acid groups (broad SMARTS) is 1. The molecule has 116 valence electrons. The molecule has 0 aliphatic carbocycles. The zero-order chi connectivity index (χ0) is 15.8. The van der Waals surface area contributed by atoms with Crippen LogP contribution in [0.3, 0.4) is 0 Å². The first kappa shape index (κ1) is 17.6. The molecule has 0 fully saturated rings. The van der Waals surface area contributed by atoms with Gasteiger partial charge in [-0.15, -0.1) is 0 Å². The third-order valence-corrected chi connectivity index (χ3v) is 3.28. The van der Waals surface area contributed by atoms with Crippen LogP contribution < -0.4 is 10.1 Å². The summed E-state index contributed by atoms with van der Waals surface area (Å²) < 4.78 is 5.29. The summed E-state index contributed by atoms with van der Waals surface area (Å²) in [6.45, 7) is 2.12. The highest BCUT2D eigenvalue weighted by molar-refractivity contribution is 6.35. The van der Waals surface area contributed by atoms with Crippen molar-refractivity contribution in [3.8, 4) is 5.75 Å². The molecule has 0 radical (unpaired) electrons. The van der Waals surface area contributed by atoms with E-state index in [0.29, 0.717) is 28.8 Å². The van der Waals surface area contributed by atoms with E-state index >= 15 is 0 Å². The maximum Gasteiger partial charge on any atom is 0.303 e. The monoisotopic (exact) mass is 333 g/mol. The Labute approximate surface area is 133 Å². The average Bonchev–Trinajstić information content (AvgIpc) is 2.41. The molecule has 1 atom stereocenters. The summed E-state index contributed by atoms with van der Waals surface area (Å²) >= 11 is 11.7. The lowest BCUT2D eigenvalue weighted by molar-refractivity contribution is -0.137. The van der Waals surface area contributed by atoms with Gasteiger partial charge in [-0.2, -0.15) is 0 Å². The van der Waals surface area contributed by atoms with Crippen LogP contribution in [-0.2, 0) is 9.59 Å². The maximum absolute atomic E-state index is 11.6. The van der Waals surface area contributed by atoms with Gasteiger partial charge in [-0.25, -0.2) is 0 Å². The van der Waals surface area contributed by atoms with E-state index < -0.39 is 5.97 Å². The molecule has 0 heterocycles. The largest absolute Gasteiger partial charge is 0.482 e. The summed E-state index contributed by atoms with van der Waals surface area (Å²) in [5.74, 6) is -0.656. The van der Waals surface area contributed by atoms with Crippen LogP contribution in [0.2, 0.25) is 10.0 Å². The topological polar surface area (TPSA) is 75.6 Å². The molecule has 21 heavy (non-hydrogen) atoms. The van der Waals surface area contributed by atoms with Crippen molar-refractivity contribution in [2.45, 2.75) is 19.8 Å². The minimum Gasteiger partial charge on any atom is -0.482 e. The van der Waals surface area contributed by atoms with Gasteiger partial charge < -0.3 is 15.2 Å². The predicted molar refractivity (Wildman–Crippen MR) is 81.0 cm³/mol. The number of aliphatic carboxylic acids is 1. The van der Waals surface area contributed by atoms with Crippen molar-refractivity contribution in [1.29, 1.82) is 0 Å². The zero-order valence-electron chi connectivity index (χ0n) is 11.6. The van der Waals surface area contributed by atoms with E-state index in [2.05, 4.69) is 5.32 Å². The fourth-order valence-electron chi connectivity index (χ4n) is 1.55. The van der Waals surface area contributed by atoms with E-state index in [-0.39, 0.29) is 24.9 Å². The third-order valence-electron chi connectivity index (χ3n) is 2.75. The summed E-state index contributed by atoms with van der Waals surface area (Å²) in [5, 5.41) is 12.1. The quantitative estimate of drug-likeness (QED) is 0.766. The number of carboxylic acids is 1. The van der Waals surface area contributed by atoms with Gasteiger partial charge in [0.15, 0.2) is 6.61 Å². The highest BCUT2D eigenvalue weighted by atomic mass is 35.5. The molecule has 0 saturated carbocycles. The van der Waals surface area contributed by atoms with E-state index in [1.807, 2.05) is 6.92 Å². The Kier molecular flexibility index (Phi) is 7.32. The van der Waals surface area contributed by atoms with Crippen molar-refractivity contribution >= 4 is 35.1 Å². The van der Waals surface area contributed by atoms with Crippen LogP contribution in [0.4, 0.5) is 0 Å². The van der Waals surface area contributed by atoms with Crippen molar-refractivity contribution in [2.24, 2.45) is 5.92 Å². The molecule has 1 amide bonds. The fraction of sp³-hybridized carbons (Fsp3) is 0.429. The number of nitrogens with one attached hydrogen (secondary N) is 1. The molecule has 1 rings (SSSR count). The molecular weight excluding hydrogens is 317 g/mol. The van der Waals surface area contributed by atoms with Gasteiger partial charge in [0.25, 0.3) is 5.91 Å². The second-order valence-electron chi connectivity index (χ2n) is 4.71. The number of halogens is 2. The zero-order valence-corrected chi connectivity index (χ0v) is 13.1. The number of hydrogen-bond donors (Lipinski definition) is 2. The normalized spacial score (nSPS) is 11.8. The van der Waals surface area contributed by atoms with Gasteiger partial charge in [0.2, 0.25) is 0 Å². The van der Waals surface area contributed by atoms with Gasteiger partial charge in [-0.1, -0.05) is 30.1 Å². The number of rotatable bonds is 8. The Bertz CT molecular complexity index is 508. The van der Waals surface area contributed by atoms with E-state index in [9.17, 15) is 9.59 Å². The van der Waals surface area contributed by atoms with Crippen molar-refractivity contribution in [3.63, 3.8) is 0 Å². The van der Waals surface area contributed by atoms with E-state index in [4.69, 9.17) is 33.0 Å². The van der Waals surface area contributed by atoms with Crippen molar-refractivity contribution in [3.05, 3.63) is 28.2 Å². The molecule has 2 N–H and O–H groups in total. The second-order valence-corrected chi connectivity index (χ2v) is 5.55. The molecule has 0 bridgehead atoms. The SMILES string of the molecule is CC(CCC(=O)O)CNC(=O)COc1ccc(Cl)cc1Cl. The van der Waals surface area contributed by atoms with Gasteiger partial charge in [0.1, 0.15) is 5.75 Å². The van der Waals surface area contributed by atoms with E-state index in [1.54, 1.807) is 12.1 Å². The van der Waals surface area contributed by atoms with Crippen molar-refractivity contribution in [2.75, 3.05) is 13.2 Å². The number of ether oxygens (including phenoxy) is 1. The molecule has 0 aliphatic rings. The highest BCUT2D eigenvalue weighted by Gasteiger charge is 2.09. The molecule has 1 aromatic rings. The maximum atomic E-state index is 11.6. The Hall–Kier alpha value is -1.46. The lowest BCUT2D eigenvalue weighted by atomic mass is 10.1. The minimum absolute atomic E-state index is 0.0872. The first-order chi connectivity index (χ1) is 9.88. The molecule has 1 aromatic carbocycles. The van der Waals surface area contributed by atoms with Crippen LogP contribution >= 0.6 is 23.2 Å². The van der Waals surface area contributed by atoms with Crippen LogP contribution in [0.25, 0.3) is 0 Å². The number of hydrogen-bond acceptors (Lipinski definition) is 3. The first-order valence-electron chi connectivity index (χ1n) is 6.45. The van der Waals surface area contributed by atoms with Gasteiger partial charge in [-0.3, -0.25) is 9.59 Å². The summed E-state index contributed by atoms with van der Waals surface area (Å²) in [4.78, 5) is 22.0. The summed E-state index contributed by atoms with van der Waals surface area (Å²) in [7, 11) is 0. The number of carbonyl (C=O) groups is 2. The lowest BCUT2D eigenvalue weighted by Crippen LogP contribution is -2.32. The molecular formula is C14H17Cl2NO4. The number of carbonyl (C=O) groups excluding carboxylic acids is 1. The molecule has 0 aliphatic heterocycles. The van der Waals surface area contributed by atoms with Crippen LogP contribution in [-0.4, -0.2) is 30.1 Å². The summed E-state index contributed by atoms with van der Waals surface area (Å²) in [6, 6.07) is 4.74. The highest BCUT2D eigenvalue weighted by Crippen LogP contribution is 2.27. The van der Waals surface area contributed by atoms with Crippen LogP contribution in [0.15, 0.2) is 18.2 Å². The van der Waals surface area contributed by atoms with E-state index in [0.717, 1.165) is 0 Å². The summed E-state index contributed by atoms with van der Waals surface area (Å²) in [6.07, 6.45) is 0.605. The van der Waals surface area contributed by atoms with Crippen molar-refractivity contribution in [1.82, 2.24) is 5.32 Å². The second kappa shape index (κ2) is 8.74. The number of amides is 1. The smallest absolute Gasteiger partial charge is 0.303 e. The Balaban J connectivity index is 2.29. The van der Waals surface area contributed by atoms with Crippen LogP contribution in [0, 0.1) is 5.92 Å². The lowest BCUT2D eigenvalue weighted by Gasteiger charge is -2.12. The van der Waals surface area contributed by atoms with Crippen LogP contribution in [0.1, 0.15) is 19.8 Å². The fourth-order valence-corrected chi connectivity index (χ4v) is 2.01. The molecule has 7 heteroatoms. The Morgan fingerprint density at radius 2 is 2.10 bits per heavy atom. The number of benzene rings is 1. The minimum atomic E-state index is -0.839. The molecule has 0 aromatic heterocycles. The Morgan fingerprint density at radius 1 is 1.38 bits per heavy atom. The summed E-state index contributed by atoms with van der Waals surface area (Å²) in [5.41, 5.74) is 0. The average molecular weight is 334 g/mol. The van der Waals surface area contributed by atoms with Gasteiger partial charge in [0.05, 0.1) is 5.02 Å². The predicted octanol–water partition coefficient (Wildman–Crippen LogP) is 2.99. The molecule has 0 saturated heterocycles. The Morgan fingerprint density at radius 3 is 2.71 bits per heavy atom. The van der Waals surface area contributed by atoms with Crippen LogP contribution in [0.5, 0.6) is 5.75 Å². The standard InChI is InChI=1S/C14H17Cl2NO4/c1-9(2-5-14(19)20)7-17-13(18)8-21-12-4-3-10(15)6-11(12)16/h3-4,6,9H,2,5,7-8H2,1H3,(H,17,18)(H,19,20). The van der Waals surface area contributed by atoms with Gasteiger partial charge in [0, 0.05) is 18.0 Å². The van der Waals surface area contributed by atoms with Gasteiger partial charge in [-0.05, 0) is 30.5 Å². The van der Waals surface area contributed by atoms with Crippen molar-refractivity contribution < 1.29 is 19.4 Å². The third kappa shape index (κ3) is 7.20. The molecule has 5 nitrogen and oxygen atoms in total.